The van der Waals surface area contributed by atoms with Crippen LogP contribution in [0.2, 0.25) is 0 Å². The fraction of sp³-hybridized carbons (Fsp3) is 0.167. The number of benzene rings is 4. The highest BCUT2D eigenvalue weighted by Crippen LogP contribution is 2.39. The van der Waals surface area contributed by atoms with E-state index in [2.05, 4.69) is 14.8 Å². The number of alkyl halides is 9. The number of hydrogen-bond donors (Lipinski definition) is 1. The van der Waals surface area contributed by atoms with Gasteiger partial charge in [-0.15, -0.1) is 26.3 Å². The Morgan fingerprint density at radius 1 is 0.581 bits per heavy atom. The molecule has 0 saturated heterocycles. The lowest BCUT2D eigenvalue weighted by Gasteiger charge is -2.37. The molecule has 0 atom stereocenters. The minimum absolute atomic E-state index is 0.0809. The molecule has 0 bridgehead atoms. The van der Waals surface area contributed by atoms with Crippen LogP contribution in [0.3, 0.4) is 0 Å². The van der Waals surface area contributed by atoms with Crippen LogP contribution in [-0.2, 0) is 18.1 Å². The Hall–Kier alpha value is -4.68. The summed E-state index contributed by atoms with van der Waals surface area (Å²) in [6, 6.07) is 20.2. The monoisotopic (exact) mass is 613 g/mol. The van der Waals surface area contributed by atoms with E-state index in [0.717, 1.165) is 42.5 Å². The van der Waals surface area contributed by atoms with Crippen molar-refractivity contribution in [1.29, 1.82) is 0 Å². The molecule has 1 N–H and O–H groups in total. The van der Waals surface area contributed by atoms with Gasteiger partial charge in [0.05, 0.1) is 11.1 Å². The number of rotatable bonds is 8. The molecule has 43 heavy (non-hydrogen) atoms. The van der Waals surface area contributed by atoms with Gasteiger partial charge < -0.3 is 14.8 Å². The second kappa shape index (κ2) is 11.9. The van der Waals surface area contributed by atoms with Crippen LogP contribution in [0.25, 0.3) is 0 Å². The van der Waals surface area contributed by atoms with E-state index in [1.807, 2.05) is 0 Å². The second-order valence-corrected chi connectivity index (χ2v) is 9.25. The molecule has 0 radical (unpaired) electrons. The first-order valence-corrected chi connectivity index (χ1v) is 12.3. The quantitative estimate of drug-likeness (QED) is 0.203. The highest BCUT2D eigenvalue weighted by atomic mass is 19.4. The third-order valence-electron chi connectivity index (χ3n) is 6.21. The van der Waals surface area contributed by atoms with E-state index in [1.54, 1.807) is 30.3 Å². The molecule has 0 aliphatic carbocycles. The van der Waals surface area contributed by atoms with Crippen molar-refractivity contribution in [3.63, 3.8) is 0 Å². The zero-order chi connectivity index (χ0) is 31.5. The largest absolute Gasteiger partial charge is 0.573 e. The molecule has 226 valence electrons. The lowest BCUT2D eigenvalue weighted by molar-refractivity contribution is -0.275. The molecule has 0 aromatic heterocycles. The van der Waals surface area contributed by atoms with E-state index >= 15 is 0 Å². The number of halogens is 9. The van der Waals surface area contributed by atoms with Gasteiger partial charge in [0.2, 0.25) is 0 Å². The summed E-state index contributed by atoms with van der Waals surface area (Å²) in [5, 5.41) is 2.61. The standard InChI is InChI=1S/C30H20F9NO3/c31-28(32,33)23-12-4-9-20(15-23)26(41)40-27(18-19-7-2-1-3-8-19,21-10-5-13-24(16-21)42-29(34,35)36)22-11-6-14-25(17-22)43-30(37,38)39/h1-17H,18H2,(H,40,41). The number of carbonyl (C=O) groups excluding carboxylic acids is 1. The summed E-state index contributed by atoms with van der Waals surface area (Å²) in [5.74, 6) is -2.51. The van der Waals surface area contributed by atoms with Crippen molar-refractivity contribution >= 4 is 5.91 Å². The first-order chi connectivity index (χ1) is 20.0. The average Bonchev–Trinajstić information content (AvgIpc) is 2.91. The molecule has 0 saturated carbocycles. The minimum atomic E-state index is -5.11. The molecule has 4 rings (SSSR count). The van der Waals surface area contributed by atoms with Crippen molar-refractivity contribution in [1.82, 2.24) is 5.32 Å². The highest BCUT2D eigenvalue weighted by molar-refractivity contribution is 5.95. The number of amides is 1. The van der Waals surface area contributed by atoms with Gasteiger partial charge in [0.25, 0.3) is 5.91 Å². The molecule has 1 amide bonds. The molecule has 0 heterocycles. The molecule has 4 aromatic rings. The summed E-state index contributed by atoms with van der Waals surface area (Å²) in [7, 11) is 0. The highest BCUT2D eigenvalue weighted by Gasteiger charge is 2.40. The molecular weight excluding hydrogens is 593 g/mol. The summed E-state index contributed by atoms with van der Waals surface area (Å²) in [5.41, 5.74) is -3.25. The molecule has 4 aromatic carbocycles. The molecule has 4 nitrogen and oxygen atoms in total. The van der Waals surface area contributed by atoms with Crippen LogP contribution in [0.4, 0.5) is 39.5 Å². The number of carbonyl (C=O) groups is 1. The van der Waals surface area contributed by atoms with Gasteiger partial charge in [0.1, 0.15) is 11.5 Å². The third kappa shape index (κ3) is 8.21. The van der Waals surface area contributed by atoms with Crippen molar-refractivity contribution in [2.24, 2.45) is 0 Å². The number of nitrogens with one attached hydrogen (secondary N) is 1. The molecule has 0 unspecified atom stereocenters. The summed E-state index contributed by atoms with van der Waals surface area (Å²) < 4.78 is 127. The Morgan fingerprint density at radius 3 is 1.56 bits per heavy atom. The molecule has 0 fully saturated rings. The van der Waals surface area contributed by atoms with Crippen LogP contribution in [0.15, 0.2) is 103 Å². The van der Waals surface area contributed by atoms with E-state index in [9.17, 15) is 44.3 Å². The maximum Gasteiger partial charge on any atom is 0.573 e. The van der Waals surface area contributed by atoms with Crippen LogP contribution in [0, 0.1) is 0 Å². The average molecular weight is 613 g/mol. The smallest absolute Gasteiger partial charge is 0.406 e. The van der Waals surface area contributed by atoms with E-state index in [-0.39, 0.29) is 17.5 Å². The van der Waals surface area contributed by atoms with Gasteiger partial charge in [-0.05, 0) is 59.2 Å². The van der Waals surface area contributed by atoms with E-state index in [0.29, 0.717) is 11.6 Å². The predicted octanol–water partition coefficient (Wildman–Crippen LogP) is 8.42. The fourth-order valence-corrected chi connectivity index (χ4v) is 4.48. The Morgan fingerprint density at radius 2 is 1.07 bits per heavy atom. The summed E-state index contributed by atoms with van der Waals surface area (Å²) in [6.45, 7) is 0. The van der Waals surface area contributed by atoms with E-state index < -0.39 is 53.0 Å². The second-order valence-electron chi connectivity index (χ2n) is 9.25. The van der Waals surface area contributed by atoms with Crippen molar-refractivity contribution in [3.8, 4) is 11.5 Å². The maximum absolute atomic E-state index is 13.6. The van der Waals surface area contributed by atoms with Crippen LogP contribution in [-0.4, -0.2) is 18.6 Å². The van der Waals surface area contributed by atoms with Crippen molar-refractivity contribution in [2.75, 3.05) is 0 Å². The Labute approximate surface area is 238 Å². The van der Waals surface area contributed by atoms with Gasteiger partial charge in [0, 0.05) is 12.0 Å². The Balaban J connectivity index is 1.95. The zero-order valence-electron chi connectivity index (χ0n) is 21.6. The summed E-state index contributed by atoms with van der Waals surface area (Å²) in [6.07, 6.45) is -15.3. The van der Waals surface area contributed by atoms with Crippen molar-refractivity contribution in [3.05, 3.63) is 131 Å². The number of hydrogen-bond acceptors (Lipinski definition) is 3. The molecule has 0 spiro atoms. The topological polar surface area (TPSA) is 47.6 Å². The van der Waals surface area contributed by atoms with Gasteiger partial charge in [0.15, 0.2) is 0 Å². The van der Waals surface area contributed by atoms with Crippen LogP contribution < -0.4 is 14.8 Å². The zero-order valence-corrected chi connectivity index (χ0v) is 21.6. The van der Waals surface area contributed by atoms with Gasteiger partial charge in [-0.1, -0.05) is 60.7 Å². The normalized spacial score (nSPS) is 12.5. The predicted molar refractivity (Wildman–Crippen MR) is 136 cm³/mol. The van der Waals surface area contributed by atoms with E-state index in [4.69, 9.17) is 0 Å². The van der Waals surface area contributed by atoms with Crippen LogP contribution >= 0.6 is 0 Å². The first kappa shape index (κ1) is 31.3. The van der Waals surface area contributed by atoms with E-state index in [1.165, 1.54) is 24.3 Å². The van der Waals surface area contributed by atoms with Crippen LogP contribution in [0.1, 0.15) is 32.6 Å². The SMILES string of the molecule is O=C(NC(Cc1ccccc1)(c1cccc(OC(F)(F)F)c1)c1cccc(OC(F)(F)F)c1)c1cccc(C(F)(F)F)c1. The first-order valence-electron chi connectivity index (χ1n) is 12.3. The van der Waals surface area contributed by atoms with Crippen molar-refractivity contribution in [2.45, 2.75) is 30.9 Å². The lowest BCUT2D eigenvalue weighted by atomic mass is 9.77. The Bertz CT molecular complexity index is 1510. The third-order valence-corrected chi connectivity index (χ3v) is 6.21. The number of ether oxygens (including phenoxy) is 2. The van der Waals surface area contributed by atoms with Gasteiger partial charge in [-0.25, -0.2) is 0 Å². The molecule has 13 heteroatoms. The van der Waals surface area contributed by atoms with Crippen LogP contribution in [0.5, 0.6) is 11.5 Å². The molecular formula is C30H20F9NO3. The summed E-state index contributed by atoms with van der Waals surface area (Å²) >= 11 is 0. The van der Waals surface area contributed by atoms with Gasteiger partial charge >= 0.3 is 18.9 Å². The fourth-order valence-electron chi connectivity index (χ4n) is 4.48. The Kier molecular flexibility index (Phi) is 8.65. The minimum Gasteiger partial charge on any atom is -0.406 e. The maximum atomic E-state index is 13.6. The lowest BCUT2D eigenvalue weighted by Crippen LogP contribution is -2.48. The van der Waals surface area contributed by atoms with Gasteiger partial charge in [-0.3, -0.25) is 4.79 Å². The molecule has 0 aliphatic rings. The van der Waals surface area contributed by atoms with Crippen molar-refractivity contribution < 1.29 is 53.8 Å². The summed E-state index contributed by atoms with van der Waals surface area (Å²) in [4.78, 5) is 13.6. The van der Waals surface area contributed by atoms with Gasteiger partial charge in [-0.2, -0.15) is 13.2 Å². The molecule has 0 aliphatic heterocycles.